The molecule has 1 amide bonds. The second-order valence-corrected chi connectivity index (χ2v) is 26.0. The molecule has 0 saturated heterocycles. The molecule has 3 N–H and O–H groups in total. The molecule has 83 heavy (non-hydrogen) atoms. The van der Waals surface area contributed by atoms with Crippen LogP contribution in [0.1, 0.15) is 418 Å². The molecule has 2 atom stereocenters. The first-order valence-corrected chi connectivity index (χ1v) is 37.7. The summed E-state index contributed by atoms with van der Waals surface area (Å²) in [7, 11) is 0. The van der Waals surface area contributed by atoms with Gasteiger partial charge >= 0.3 is 5.97 Å². The van der Waals surface area contributed by atoms with Crippen molar-refractivity contribution in [3.63, 3.8) is 0 Å². The van der Waals surface area contributed by atoms with Gasteiger partial charge in [-0.25, -0.2) is 0 Å². The summed E-state index contributed by atoms with van der Waals surface area (Å²) in [4.78, 5) is 24.6. The van der Waals surface area contributed by atoms with Crippen molar-refractivity contribution < 1.29 is 24.5 Å². The summed E-state index contributed by atoms with van der Waals surface area (Å²) in [5.41, 5.74) is 0. The van der Waals surface area contributed by atoms with E-state index >= 15 is 0 Å². The summed E-state index contributed by atoms with van der Waals surface area (Å²) in [6.07, 6.45) is 93.8. The number of aliphatic hydroxyl groups is 2. The average molecular weight is 1170 g/mol. The highest BCUT2D eigenvalue weighted by molar-refractivity contribution is 5.76. The summed E-state index contributed by atoms with van der Waals surface area (Å²) >= 11 is 0. The highest BCUT2D eigenvalue weighted by Gasteiger charge is 2.20. The molecule has 0 fully saturated rings. The first-order chi connectivity index (χ1) is 41.0. The van der Waals surface area contributed by atoms with Gasteiger partial charge in [0.05, 0.1) is 25.4 Å². The topological polar surface area (TPSA) is 95.9 Å². The van der Waals surface area contributed by atoms with Crippen molar-refractivity contribution in [2.24, 2.45) is 0 Å². The predicted octanol–water partition coefficient (Wildman–Crippen LogP) is 24.7. The van der Waals surface area contributed by atoms with Gasteiger partial charge in [-0.2, -0.15) is 0 Å². The Morgan fingerprint density at radius 3 is 0.928 bits per heavy atom. The Hall–Kier alpha value is -1.92. The summed E-state index contributed by atoms with van der Waals surface area (Å²) in [5, 5.41) is 23.3. The molecule has 0 aromatic rings. The molecule has 2 unspecified atom stereocenters. The minimum Gasteiger partial charge on any atom is -0.466 e. The Bertz CT molecular complexity index is 1340. The molecule has 0 radical (unpaired) electrons. The lowest BCUT2D eigenvalue weighted by molar-refractivity contribution is -0.143. The van der Waals surface area contributed by atoms with Crippen molar-refractivity contribution in [2.75, 3.05) is 13.2 Å². The molecule has 0 heterocycles. The van der Waals surface area contributed by atoms with Gasteiger partial charge in [0, 0.05) is 12.8 Å². The Morgan fingerprint density at radius 2 is 0.602 bits per heavy atom. The quantitative estimate of drug-likeness (QED) is 0.0320. The van der Waals surface area contributed by atoms with Crippen molar-refractivity contribution in [3.8, 4) is 0 Å². The maximum Gasteiger partial charge on any atom is 0.305 e. The fourth-order valence-corrected chi connectivity index (χ4v) is 11.9. The first kappa shape index (κ1) is 81.1. The lowest BCUT2D eigenvalue weighted by Crippen LogP contribution is -2.45. The SMILES string of the molecule is CCCCCCCC/C=C\CCCCCCCC(=O)OCCCCCCCCCCCCCCCCC/C=C\C/C=C\CCCCCCCCCCCCCCCCCCCC(=O)NC(CO)C(O)CCCCCCCCCCCCCC. The van der Waals surface area contributed by atoms with Crippen LogP contribution in [-0.2, 0) is 14.3 Å². The van der Waals surface area contributed by atoms with Crippen LogP contribution >= 0.6 is 0 Å². The van der Waals surface area contributed by atoms with Gasteiger partial charge < -0.3 is 20.3 Å². The zero-order valence-corrected chi connectivity index (χ0v) is 56.2. The second-order valence-electron chi connectivity index (χ2n) is 26.0. The van der Waals surface area contributed by atoms with Gasteiger partial charge in [-0.15, -0.1) is 0 Å². The highest BCUT2D eigenvalue weighted by atomic mass is 16.5. The van der Waals surface area contributed by atoms with E-state index in [1.54, 1.807) is 0 Å². The van der Waals surface area contributed by atoms with E-state index in [4.69, 9.17) is 4.74 Å². The van der Waals surface area contributed by atoms with Gasteiger partial charge in [0.25, 0.3) is 0 Å². The molecular formula is C77H147NO5. The zero-order chi connectivity index (χ0) is 59.9. The molecule has 0 bridgehead atoms. The third kappa shape index (κ3) is 69.1. The molecule has 0 aromatic carbocycles. The number of nitrogens with one attached hydrogen (secondary N) is 1. The summed E-state index contributed by atoms with van der Waals surface area (Å²) in [5.74, 6) is -0.0176. The van der Waals surface area contributed by atoms with Gasteiger partial charge in [0.1, 0.15) is 0 Å². The number of ether oxygens (including phenoxy) is 1. The zero-order valence-electron chi connectivity index (χ0n) is 56.2. The number of hydrogen-bond donors (Lipinski definition) is 3. The molecule has 0 spiro atoms. The number of carbonyl (C=O) groups excluding carboxylic acids is 2. The Labute approximate surface area is 519 Å². The summed E-state index contributed by atoms with van der Waals surface area (Å²) in [6.45, 7) is 4.97. The lowest BCUT2D eigenvalue weighted by atomic mass is 10.0. The fraction of sp³-hybridized carbons (Fsp3) is 0.896. The standard InChI is InChI=1S/C77H147NO5/c1-3-5-7-9-11-13-15-17-43-47-51-55-59-63-67-71-77(82)83-72-68-64-60-56-52-48-45-42-40-38-36-34-32-30-28-26-24-22-20-18-19-21-23-25-27-29-31-33-35-37-39-41-44-46-50-54-58-62-66-70-76(81)78-74(73-79)75(80)69-65-61-57-53-49-16-14-12-10-8-6-4-2/h17-19,22,24,43,74-75,79-80H,3-16,20-21,23,25-42,44-73H2,1-2H3,(H,78,81)/b19-18-,24-22-,43-17-. The van der Waals surface area contributed by atoms with Crippen molar-refractivity contribution in [1.82, 2.24) is 5.32 Å². The minimum absolute atomic E-state index is 0.0128. The van der Waals surface area contributed by atoms with Crippen molar-refractivity contribution in [3.05, 3.63) is 36.5 Å². The van der Waals surface area contributed by atoms with E-state index in [1.807, 2.05) is 0 Å². The van der Waals surface area contributed by atoms with Crippen LogP contribution in [0.15, 0.2) is 36.5 Å². The smallest absolute Gasteiger partial charge is 0.305 e. The van der Waals surface area contributed by atoms with Crippen LogP contribution in [-0.4, -0.2) is 47.4 Å². The van der Waals surface area contributed by atoms with E-state index in [9.17, 15) is 19.8 Å². The van der Waals surface area contributed by atoms with Crippen LogP contribution in [0.5, 0.6) is 0 Å². The van der Waals surface area contributed by atoms with Crippen molar-refractivity contribution in [1.29, 1.82) is 0 Å². The molecule has 0 rings (SSSR count). The molecule has 6 nitrogen and oxygen atoms in total. The maximum absolute atomic E-state index is 12.5. The van der Waals surface area contributed by atoms with Crippen LogP contribution in [0, 0.1) is 0 Å². The third-order valence-corrected chi connectivity index (χ3v) is 17.7. The second kappa shape index (κ2) is 72.6. The number of aliphatic hydroxyl groups excluding tert-OH is 2. The normalized spacial score (nSPS) is 12.7. The highest BCUT2D eigenvalue weighted by Crippen LogP contribution is 2.19. The molecule has 0 aromatic heterocycles. The molecular weight excluding hydrogens is 1020 g/mol. The van der Waals surface area contributed by atoms with Crippen molar-refractivity contribution >= 4 is 11.9 Å². The molecule has 0 saturated carbocycles. The number of allylic oxidation sites excluding steroid dienone is 6. The number of unbranched alkanes of at least 4 members (excludes halogenated alkanes) is 54. The number of carbonyl (C=O) groups is 2. The number of rotatable bonds is 71. The van der Waals surface area contributed by atoms with Gasteiger partial charge in [0.2, 0.25) is 5.91 Å². The predicted molar refractivity (Wildman–Crippen MR) is 366 cm³/mol. The number of hydrogen-bond acceptors (Lipinski definition) is 5. The van der Waals surface area contributed by atoms with Gasteiger partial charge in [-0.1, -0.05) is 359 Å². The van der Waals surface area contributed by atoms with E-state index in [0.29, 0.717) is 25.9 Å². The van der Waals surface area contributed by atoms with Gasteiger partial charge in [-0.3, -0.25) is 9.59 Å². The van der Waals surface area contributed by atoms with Crippen LogP contribution in [0.2, 0.25) is 0 Å². The Balaban J connectivity index is 3.33. The Kier molecular flexibility index (Phi) is 70.9. The largest absolute Gasteiger partial charge is 0.466 e. The van der Waals surface area contributed by atoms with Crippen LogP contribution in [0.25, 0.3) is 0 Å². The fourth-order valence-electron chi connectivity index (χ4n) is 11.9. The van der Waals surface area contributed by atoms with E-state index in [1.165, 1.54) is 334 Å². The van der Waals surface area contributed by atoms with Crippen LogP contribution in [0.3, 0.4) is 0 Å². The van der Waals surface area contributed by atoms with Crippen molar-refractivity contribution in [2.45, 2.75) is 431 Å². The van der Waals surface area contributed by atoms with Crippen LogP contribution in [0.4, 0.5) is 0 Å². The molecule has 490 valence electrons. The minimum atomic E-state index is -0.661. The summed E-state index contributed by atoms with van der Waals surface area (Å²) in [6, 6.07) is -0.538. The van der Waals surface area contributed by atoms with Gasteiger partial charge in [0.15, 0.2) is 0 Å². The molecule has 6 heteroatoms. The summed E-state index contributed by atoms with van der Waals surface area (Å²) < 4.78 is 5.49. The number of amides is 1. The van der Waals surface area contributed by atoms with E-state index < -0.39 is 12.1 Å². The molecule has 0 aliphatic rings. The van der Waals surface area contributed by atoms with Gasteiger partial charge in [-0.05, 0) is 83.5 Å². The monoisotopic (exact) mass is 1170 g/mol. The van der Waals surface area contributed by atoms with Crippen LogP contribution < -0.4 is 5.32 Å². The van der Waals surface area contributed by atoms with E-state index in [2.05, 4.69) is 55.6 Å². The van der Waals surface area contributed by atoms with E-state index in [-0.39, 0.29) is 18.5 Å². The number of esters is 1. The average Bonchev–Trinajstić information content (AvgIpc) is 3.49. The molecule has 0 aliphatic carbocycles. The lowest BCUT2D eigenvalue weighted by Gasteiger charge is -2.22. The third-order valence-electron chi connectivity index (χ3n) is 17.7. The van der Waals surface area contributed by atoms with E-state index in [0.717, 1.165) is 51.4 Å². The first-order valence-electron chi connectivity index (χ1n) is 37.7. The Morgan fingerprint density at radius 1 is 0.337 bits per heavy atom. The molecule has 0 aliphatic heterocycles. The maximum atomic E-state index is 12.5.